The molecule has 1 heterocycles. The van der Waals surface area contributed by atoms with E-state index in [4.69, 9.17) is 4.74 Å². The highest BCUT2D eigenvalue weighted by atomic mass is 32.1. The average molecular weight is 261 g/mol. The van der Waals surface area contributed by atoms with Crippen LogP contribution in [0.4, 0.5) is 5.69 Å². The van der Waals surface area contributed by atoms with Gasteiger partial charge in [0.25, 0.3) is 0 Å². The van der Waals surface area contributed by atoms with E-state index >= 15 is 0 Å². The smallest absolute Gasteiger partial charge is 0.174 e. The number of anilines is 1. The summed E-state index contributed by atoms with van der Waals surface area (Å²) in [7, 11) is 1.64. The Kier molecular flexibility index (Phi) is 4.36. The number of thiophene rings is 1. The van der Waals surface area contributed by atoms with E-state index in [9.17, 15) is 4.79 Å². The van der Waals surface area contributed by atoms with Crippen molar-refractivity contribution >= 4 is 22.8 Å². The standard InChI is InChI=1S/C14H15NO2S/c1-17-13-6-3-2-5-11(13)15-9-8-12(16)14-7-4-10-18-14/h2-7,10,15H,8-9H2,1H3. The van der Waals surface area contributed by atoms with Crippen LogP contribution in [0.1, 0.15) is 16.1 Å². The maximum atomic E-state index is 11.8. The molecule has 0 unspecified atom stereocenters. The van der Waals surface area contributed by atoms with Gasteiger partial charge in [0.2, 0.25) is 0 Å². The summed E-state index contributed by atoms with van der Waals surface area (Å²) < 4.78 is 5.23. The fraction of sp³-hybridized carbons (Fsp3) is 0.214. The van der Waals surface area contributed by atoms with Crippen molar-refractivity contribution in [2.75, 3.05) is 19.0 Å². The predicted octanol–water partition coefficient (Wildman–Crippen LogP) is 3.44. The van der Waals surface area contributed by atoms with Gasteiger partial charge < -0.3 is 10.1 Å². The van der Waals surface area contributed by atoms with E-state index in [-0.39, 0.29) is 5.78 Å². The Bertz CT molecular complexity index is 508. The van der Waals surface area contributed by atoms with E-state index in [2.05, 4.69) is 5.32 Å². The summed E-state index contributed by atoms with van der Waals surface area (Å²) in [5, 5.41) is 5.13. The first kappa shape index (κ1) is 12.6. The second kappa shape index (κ2) is 6.21. The van der Waals surface area contributed by atoms with E-state index in [1.54, 1.807) is 7.11 Å². The van der Waals surface area contributed by atoms with Gasteiger partial charge in [0, 0.05) is 13.0 Å². The highest BCUT2D eigenvalue weighted by Crippen LogP contribution is 2.23. The topological polar surface area (TPSA) is 38.3 Å². The van der Waals surface area contributed by atoms with Crippen LogP contribution in [-0.2, 0) is 0 Å². The summed E-state index contributed by atoms with van der Waals surface area (Å²) in [4.78, 5) is 12.6. The Balaban J connectivity index is 1.87. The predicted molar refractivity (Wildman–Crippen MR) is 74.8 cm³/mol. The Morgan fingerprint density at radius 1 is 1.28 bits per heavy atom. The second-order valence-electron chi connectivity index (χ2n) is 3.78. The number of ketones is 1. The summed E-state index contributed by atoms with van der Waals surface area (Å²) in [6.45, 7) is 0.608. The number of hydrogen-bond donors (Lipinski definition) is 1. The summed E-state index contributed by atoms with van der Waals surface area (Å²) in [6.07, 6.45) is 0.485. The van der Waals surface area contributed by atoms with Gasteiger partial charge in [0.15, 0.2) is 5.78 Å². The first-order chi connectivity index (χ1) is 8.81. The van der Waals surface area contributed by atoms with Gasteiger partial charge in [-0.25, -0.2) is 0 Å². The van der Waals surface area contributed by atoms with Crippen LogP contribution < -0.4 is 10.1 Å². The van der Waals surface area contributed by atoms with Crippen molar-refractivity contribution in [2.24, 2.45) is 0 Å². The lowest BCUT2D eigenvalue weighted by Crippen LogP contribution is -2.08. The molecule has 4 heteroatoms. The van der Waals surface area contributed by atoms with E-state index < -0.39 is 0 Å². The quantitative estimate of drug-likeness (QED) is 0.809. The molecule has 0 aliphatic rings. The normalized spacial score (nSPS) is 10.1. The molecule has 1 aromatic heterocycles. The number of para-hydroxylation sites is 2. The van der Waals surface area contributed by atoms with Crippen molar-refractivity contribution < 1.29 is 9.53 Å². The minimum atomic E-state index is 0.174. The molecule has 2 rings (SSSR count). The number of Topliss-reactive ketones (excluding diaryl/α,β-unsaturated/α-hetero) is 1. The molecular weight excluding hydrogens is 246 g/mol. The molecule has 18 heavy (non-hydrogen) atoms. The van der Waals surface area contributed by atoms with Gasteiger partial charge >= 0.3 is 0 Å². The van der Waals surface area contributed by atoms with Crippen LogP contribution in [0.5, 0.6) is 5.75 Å². The number of rotatable bonds is 6. The molecule has 0 spiro atoms. The molecule has 0 atom stereocenters. The molecule has 2 aromatic rings. The lowest BCUT2D eigenvalue weighted by atomic mass is 10.2. The molecular formula is C14H15NO2S. The van der Waals surface area contributed by atoms with Crippen LogP contribution in [0.25, 0.3) is 0 Å². The van der Waals surface area contributed by atoms with Crippen LogP contribution in [0.3, 0.4) is 0 Å². The highest BCUT2D eigenvalue weighted by molar-refractivity contribution is 7.12. The highest BCUT2D eigenvalue weighted by Gasteiger charge is 2.07. The van der Waals surface area contributed by atoms with Gasteiger partial charge in [0.05, 0.1) is 17.7 Å². The first-order valence-electron chi connectivity index (χ1n) is 5.75. The van der Waals surface area contributed by atoms with Gasteiger partial charge in [-0.05, 0) is 23.6 Å². The van der Waals surface area contributed by atoms with E-state index in [0.29, 0.717) is 13.0 Å². The molecule has 0 saturated heterocycles. The summed E-state index contributed by atoms with van der Waals surface area (Å²) in [5.74, 6) is 0.966. The van der Waals surface area contributed by atoms with Crippen molar-refractivity contribution in [3.05, 3.63) is 46.7 Å². The van der Waals surface area contributed by atoms with Crippen molar-refractivity contribution in [1.29, 1.82) is 0 Å². The Morgan fingerprint density at radius 3 is 2.83 bits per heavy atom. The maximum Gasteiger partial charge on any atom is 0.174 e. The molecule has 0 bridgehead atoms. The Labute approximate surface area is 110 Å². The van der Waals surface area contributed by atoms with Crippen LogP contribution in [-0.4, -0.2) is 19.4 Å². The van der Waals surface area contributed by atoms with Crippen LogP contribution >= 0.6 is 11.3 Å². The van der Waals surface area contributed by atoms with Gasteiger partial charge in [-0.2, -0.15) is 0 Å². The fourth-order valence-electron chi connectivity index (χ4n) is 1.66. The minimum Gasteiger partial charge on any atom is -0.495 e. The molecule has 3 nitrogen and oxygen atoms in total. The van der Waals surface area contributed by atoms with E-state index in [0.717, 1.165) is 16.3 Å². The average Bonchev–Trinajstić information content (AvgIpc) is 2.93. The number of carbonyl (C=O) groups is 1. The third-order valence-electron chi connectivity index (χ3n) is 2.57. The zero-order valence-electron chi connectivity index (χ0n) is 10.2. The molecule has 1 N–H and O–H groups in total. The molecule has 0 aliphatic carbocycles. The number of carbonyl (C=O) groups excluding carboxylic acids is 1. The molecule has 94 valence electrons. The number of methoxy groups -OCH3 is 1. The third kappa shape index (κ3) is 3.11. The Hall–Kier alpha value is -1.81. The van der Waals surface area contributed by atoms with Gasteiger partial charge in [-0.3, -0.25) is 4.79 Å². The zero-order valence-corrected chi connectivity index (χ0v) is 11.0. The number of ether oxygens (including phenoxy) is 1. The fourth-order valence-corrected chi connectivity index (χ4v) is 2.36. The zero-order chi connectivity index (χ0) is 12.8. The lowest BCUT2D eigenvalue weighted by Gasteiger charge is -2.09. The maximum absolute atomic E-state index is 11.8. The van der Waals surface area contributed by atoms with Crippen LogP contribution in [0.15, 0.2) is 41.8 Å². The van der Waals surface area contributed by atoms with Crippen molar-refractivity contribution in [2.45, 2.75) is 6.42 Å². The van der Waals surface area contributed by atoms with Crippen LogP contribution in [0, 0.1) is 0 Å². The minimum absolute atomic E-state index is 0.174. The van der Waals surface area contributed by atoms with Gasteiger partial charge in [0.1, 0.15) is 5.75 Å². The monoisotopic (exact) mass is 261 g/mol. The largest absolute Gasteiger partial charge is 0.495 e. The number of hydrogen-bond acceptors (Lipinski definition) is 4. The summed E-state index contributed by atoms with van der Waals surface area (Å²) in [6, 6.07) is 11.4. The summed E-state index contributed by atoms with van der Waals surface area (Å²) >= 11 is 1.48. The molecule has 0 radical (unpaired) electrons. The number of nitrogens with one attached hydrogen (secondary N) is 1. The van der Waals surface area contributed by atoms with Crippen LogP contribution in [0.2, 0.25) is 0 Å². The molecule has 1 aromatic carbocycles. The molecule has 0 fully saturated rings. The second-order valence-corrected chi connectivity index (χ2v) is 4.73. The SMILES string of the molecule is COc1ccccc1NCCC(=O)c1cccs1. The molecule has 0 amide bonds. The van der Waals surface area contributed by atoms with E-state index in [1.165, 1.54) is 11.3 Å². The van der Waals surface area contributed by atoms with Gasteiger partial charge in [-0.15, -0.1) is 11.3 Å². The molecule has 0 aliphatic heterocycles. The lowest BCUT2D eigenvalue weighted by molar-refractivity contribution is 0.0990. The first-order valence-corrected chi connectivity index (χ1v) is 6.63. The van der Waals surface area contributed by atoms with Gasteiger partial charge in [-0.1, -0.05) is 18.2 Å². The van der Waals surface area contributed by atoms with E-state index in [1.807, 2.05) is 41.8 Å². The Morgan fingerprint density at radius 2 is 2.11 bits per heavy atom. The van der Waals surface area contributed by atoms with Crippen molar-refractivity contribution in [1.82, 2.24) is 0 Å². The summed E-state index contributed by atoms with van der Waals surface area (Å²) in [5.41, 5.74) is 0.916. The molecule has 0 saturated carbocycles. The van der Waals surface area contributed by atoms with Crippen molar-refractivity contribution in [3.8, 4) is 5.75 Å². The third-order valence-corrected chi connectivity index (χ3v) is 3.48. The van der Waals surface area contributed by atoms with Crippen molar-refractivity contribution in [3.63, 3.8) is 0 Å². The number of benzene rings is 1.